The minimum Gasteiger partial charge on any atom is -0.510 e. The first-order chi connectivity index (χ1) is 6.13. The molecule has 0 amide bonds. The highest BCUT2D eigenvalue weighted by Gasteiger charge is 2.07. The quantitative estimate of drug-likeness (QED) is 0.560. The van der Waals surface area contributed by atoms with E-state index in [0.717, 1.165) is 4.57 Å². The number of aromatic nitrogens is 2. The normalized spacial score (nSPS) is 9.92. The maximum Gasteiger partial charge on any atom is 0.250 e. The average Bonchev–Trinajstić information content (AvgIpc) is 2.52. The fourth-order valence-electron chi connectivity index (χ4n) is 0.911. The molecule has 0 aliphatic carbocycles. The van der Waals surface area contributed by atoms with E-state index in [1.807, 2.05) is 0 Å². The van der Waals surface area contributed by atoms with Gasteiger partial charge in [0.25, 0.3) is 0 Å². The van der Waals surface area contributed by atoms with E-state index in [-0.39, 0.29) is 12.3 Å². The first kappa shape index (κ1) is 9.44. The third-order valence-corrected chi connectivity index (χ3v) is 1.66. The summed E-state index contributed by atoms with van der Waals surface area (Å²) in [4.78, 5) is 21.3. The Morgan fingerprint density at radius 1 is 1.54 bits per heavy atom. The number of nitrogens with zero attached hydrogens (tertiary/aromatic N) is 2. The van der Waals surface area contributed by atoms with Crippen LogP contribution >= 0.6 is 0 Å². The summed E-state index contributed by atoms with van der Waals surface area (Å²) in [5, 5.41) is 10.3. The number of Topliss-reactive ketones (excluding diaryl/α,β-unsaturated/α-hetero) is 1. The molecule has 0 bridgehead atoms. The second kappa shape index (κ2) is 3.84. The third-order valence-electron chi connectivity index (χ3n) is 1.66. The van der Waals surface area contributed by atoms with Crippen LogP contribution in [0.15, 0.2) is 18.7 Å². The molecule has 0 aliphatic rings. The van der Waals surface area contributed by atoms with Crippen molar-refractivity contribution in [2.45, 2.75) is 19.9 Å². The van der Waals surface area contributed by atoms with Crippen molar-refractivity contribution in [3.8, 4) is 0 Å². The largest absolute Gasteiger partial charge is 0.510 e. The van der Waals surface area contributed by atoms with Crippen LogP contribution in [0.5, 0.6) is 0 Å². The number of carbonyl (C=O) groups is 2. The fourth-order valence-corrected chi connectivity index (χ4v) is 0.911. The lowest BCUT2D eigenvalue weighted by molar-refractivity contribution is -0.683. The van der Waals surface area contributed by atoms with Crippen molar-refractivity contribution in [2.75, 3.05) is 0 Å². The van der Waals surface area contributed by atoms with Gasteiger partial charge in [-0.2, -0.15) is 4.57 Å². The Morgan fingerprint density at radius 2 is 2.23 bits per heavy atom. The molecule has 0 saturated carbocycles. The molecule has 0 N–H and O–H groups in total. The summed E-state index contributed by atoms with van der Waals surface area (Å²) in [6, 6.07) is 0. The molecule has 0 saturated heterocycles. The number of carbonyl (C=O) groups excluding carboxylic acids is 2. The Hall–Kier alpha value is -1.65. The number of imidazole rings is 1. The van der Waals surface area contributed by atoms with Crippen molar-refractivity contribution in [2.24, 2.45) is 0 Å². The summed E-state index contributed by atoms with van der Waals surface area (Å²) in [6.45, 7) is 1.97. The predicted molar refractivity (Wildman–Crippen MR) is 40.7 cm³/mol. The first-order valence-corrected chi connectivity index (χ1v) is 3.93. The van der Waals surface area contributed by atoms with Crippen molar-refractivity contribution in [1.29, 1.82) is 0 Å². The highest BCUT2D eigenvalue weighted by molar-refractivity contribution is 5.76. The van der Waals surface area contributed by atoms with Gasteiger partial charge in [0.2, 0.25) is 12.4 Å². The van der Waals surface area contributed by atoms with Crippen LogP contribution in [0, 0.1) is 0 Å². The van der Waals surface area contributed by atoms with Gasteiger partial charge < -0.3 is 9.90 Å². The molecule has 0 aliphatic heterocycles. The molecule has 1 rings (SSSR count). The van der Waals surface area contributed by atoms with E-state index >= 15 is 0 Å². The van der Waals surface area contributed by atoms with Gasteiger partial charge in [-0.15, -0.1) is 0 Å². The van der Waals surface area contributed by atoms with Gasteiger partial charge in [0, 0.05) is 6.42 Å². The number of ketones is 1. The molecule has 0 fully saturated rings. The number of carboxylic acid groups (broad SMARTS) is 1. The number of rotatable bonds is 3. The highest BCUT2D eigenvalue weighted by Crippen LogP contribution is 1.84. The van der Waals surface area contributed by atoms with Crippen molar-refractivity contribution >= 4 is 11.9 Å². The van der Waals surface area contributed by atoms with Crippen molar-refractivity contribution in [3.05, 3.63) is 18.7 Å². The van der Waals surface area contributed by atoms with E-state index in [9.17, 15) is 14.7 Å². The van der Waals surface area contributed by atoms with Crippen LogP contribution in [0.2, 0.25) is 0 Å². The van der Waals surface area contributed by atoms with Gasteiger partial charge >= 0.3 is 0 Å². The van der Waals surface area contributed by atoms with Gasteiger partial charge in [-0.05, 0) is 0 Å². The minimum atomic E-state index is -1.30. The van der Waals surface area contributed by atoms with Gasteiger partial charge in [-0.25, -0.2) is 4.57 Å². The van der Waals surface area contributed by atoms with Crippen molar-refractivity contribution in [3.63, 3.8) is 0 Å². The summed E-state index contributed by atoms with van der Waals surface area (Å²) in [5.74, 6) is 0.0566. The van der Waals surface area contributed by atoms with Gasteiger partial charge in [0.05, 0.1) is 0 Å². The Bertz CT molecular complexity index is 330. The topological polar surface area (TPSA) is 66.0 Å². The summed E-state index contributed by atoms with van der Waals surface area (Å²) in [7, 11) is 0. The zero-order valence-corrected chi connectivity index (χ0v) is 7.27. The molecule has 70 valence electrons. The van der Waals surface area contributed by atoms with Gasteiger partial charge in [-0.3, -0.25) is 4.79 Å². The third kappa shape index (κ3) is 2.40. The van der Waals surface area contributed by atoms with Crippen LogP contribution in [-0.2, 0) is 11.3 Å². The maximum absolute atomic E-state index is 11.0. The lowest BCUT2D eigenvalue weighted by Gasteiger charge is -1.93. The Kier molecular flexibility index (Phi) is 2.79. The molecule has 5 nitrogen and oxygen atoms in total. The molecule has 0 aromatic carbocycles. The predicted octanol–water partition coefficient (Wildman–Crippen LogP) is -1.05. The molecule has 13 heavy (non-hydrogen) atoms. The van der Waals surface area contributed by atoms with E-state index in [2.05, 4.69) is 0 Å². The highest BCUT2D eigenvalue weighted by atomic mass is 16.4. The molecule has 0 atom stereocenters. The molecule has 0 unspecified atom stereocenters. The molecule has 5 heteroatoms. The Morgan fingerprint density at radius 3 is 2.69 bits per heavy atom. The van der Waals surface area contributed by atoms with Gasteiger partial charge in [-0.1, -0.05) is 6.92 Å². The van der Waals surface area contributed by atoms with Gasteiger partial charge in [0.15, 0.2) is 5.78 Å². The van der Waals surface area contributed by atoms with E-state index < -0.39 is 6.09 Å². The van der Waals surface area contributed by atoms with Gasteiger partial charge in [0.1, 0.15) is 18.9 Å². The summed E-state index contributed by atoms with van der Waals surface area (Å²) < 4.78 is 2.39. The Labute approximate surface area is 75.2 Å². The second-order valence-electron chi connectivity index (χ2n) is 2.65. The Balaban J connectivity index is 2.69. The smallest absolute Gasteiger partial charge is 0.250 e. The van der Waals surface area contributed by atoms with Crippen LogP contribution in [0.25, 0.3) is 0 Å². The average molecular weight is 182 g/mol. The fraction of sp³-hybridized carbons (Fsp3) is 0.375. The van der Waals surface area contributed by atoms with E-state index in [4.69, 9.17) is 0 Å². The van der Waals surface area contributed by atoms with Crippen LogP contribution in [-0.4, -0.2) is 16.4 Å². The van der Waals surface area contributed by atoms with Crippen LogP contribution in [0.4, 0.5) is 4.79 Å². The van der Waals surface area contributed by atoms with Crippen molar-refractivity contribution in [1.82, 2.24) is 4.57 Å². The molecule has 0 radical (unpaired) electrons. The molecule has 1 aromatic heterocycles. The molecular weight excluding hydrogens is 172 g/mol. The van der Waals surface area contributed by atoms with E-state index in [1.54, 1.807) is 6.92 Å². The summed E-state index contributed by atoms with van der Waals surface area (Å²) in [6.07, 6.45) is 3.30. The second-order valence-corrected chi connectivity index (χ2v) is 2.65. The number of hydrogen-bond acceptors (Lipinski definition) is 3. The van der Waals surface area contributed by atoms with Crippen LogP contribution in [0.1, 0.15) is 13.3 Å². The molecular formula is C8H10N2O3. The summed E-state index contributed by atoms with van der Waals surface area (Å²) >= 11 is 0. The minimum absolute atomic E-state index is 0.0566. The standard InChI is InChI=1S/C8H10N2O3/c1-2-7(11)5-9-3-4-10(6-9)8(12)13/h3-4,6H,2,5H2,1H3. The maximum atomic E-state index is 11.0. The molecule has 0 spiro atoms. The zero-order chi connectivity index (χ0) is 9.84. The van der Waals surface area contributed by atoms with E-state index in [0.29, 0.717) is 6.42 Å². The first-order valence-electron chi connectivity index (χ1n) is 3.93. The van der Waals surface area contributed by atoms with Crippen LogP contribution in [0.3, 0.4) is 0 Å². The number of hydrogen-bond donors (Lipinski definition) is 0. The lowest BCUT2D eigenvalue weighted by atomic mass is 10.3. The molecule has 1 aromatic rings. The lowest BCUT2D eigenvalue weighted by Crippen LogP contribution is -2.37. The SMILES string of the molecule is CCC(=O)C[n+]1ccn(C(=O)[O-])c1. The zero-order valence-electron chi connectivity index (χ0n) is 7.27. The monoisotopic (exact) mass is 182 g/mol. The van der Waals surface area contributed by atoms with E-state index in [1.165, 1.54) is 23.3 Å². The summed E-state index contributed by atoms with van der Waals surface area (Å²) in [5.41, 5.74) is 0. The van der Waals surface area contributed by atoms with Crippen molar-refractivity contribution < 1.29 is 19.3 Å². The molecule has 1 heterocycles. The van der Waals surface area contributed by atoms with Crippen LogP contribution < -0.4 is 9.67 Å².